The lowest BCUT2D eigenvalue weighted by molar-refractivity contribution is -0.137. The van der Waals surface area contributed by atoms with E-state index < -0.39 is 33.1 Å². The van der Waals surface area contributed by atoms with Crippen molar-refractivity contribution in [3.8, 4) is 0 Å². The van der Waals surface area contributed by atoms with Crippen molar-refractivity contribution in [3.05, 3.63) is 45.9 Å². The minimum Gasteiger partial charge on any atom is -0.399 e. The number of alkyl halides is 3. The number of benzene rings is 1. The molecule has 4 N–H and O–H groups in total. The largest absolute Gasteiger partial charge is 0.416 e. The number of rotatable bonds is 5. The highest BCUT2D eigenvalue weighted by Crippen LogP contribution is 2.34. The summed E-state index contributed by atoms with van der Waals surface area (Å²) in [4.78, 5) is 8.42. The van der Waals surface area contributed by atoms with Gasteiger partial charge < -0.3 is 16.4 Å². The zero-order valence-electron chi connectivity index (χ0n) is 17.1. The standard InChI is InChI=1S/C19H22ClF3N6O2S/c1-10(11-4-12(19(21,22)23)6-13(24)5-11)26-17-15-9-29(32(30,31)14-7-25-8-14)3-2-16(15)27-18(20)28-17/h4-6,10,14,25H,2-3,7-9,24H2,1H3,(H,26,27,28)/t10-/m1/s1. The van der Waals surface area contributed by atoms with Crippen molar-refractivity contribution < 1.29 is 21.6 Å². The number of halogens is 4. The van der Waals surface area contributed by atoms with E-state index in [1.165, 1.54) is 10.4 Å². The van der Waals surface area contributed by atoms with Gasteiger partial charge in [-0.1, -0.05) is 0 Å². The van der Waals surface area contributed by atoms with Gasteiger partial charge in [-0.05, 0) is 42.3 Å². The van der Waals surface area contributed by atoms with E-state index in [2.05, 4.69) is 20.6 Å². The fourth-order valence-electron chi connectivity index (χ4n) is 3.76. The molecule has 0 unspecified atom stereocenters. The summed E-state index contributed by atoms with van der Waals surface area (Å²) in [5.74, 6) is 0.287. The molecule has 4 rings (SSSR count). The summed E-state index contributed by atoms with van der Waals surface area (Å²) in [6, 6.07) is 2.72. The molecule has 1 atom stereocenters. The first kappa shape index (κ1) is 23.0. The van der Waals surface area contributed by atoms with Gasteiger partial charge in [0.2, 0.25) is 15.3 Å². The van der Waals surface area contributed by atoms with Gasteiger partial charge in [-0.3, -0.25) is 0 Å². The zero-order chi connectivity index (χ0) is 23.3. The van der Waals surface area contributed by atoms with Crippen molar-refractivity contribution in [1.29, 1.82) is 0 Å². The summed E-state index contributed by atoms with van der Waals surface area (Å²) in [5, 5.41) is 5.53. The Morgan fingerprint density at radius 2 is 2.00 bits per heavy atom. The Morgan fingerprint density at radius 3 is 2.62 bits per heavy atom. The van der Waals surface area contributed by atoms with Crippen LogP contribution in [0.1, 0.15) is 35.3 Å². The van der Waals surface area contributed by atoms with E-state index in [0.29, 0.717) is 36.3 Å². The number of nitrogens with two attached hydrogens (primary N) is 1. The van der Waals surface area contributed by atoms with Gasteiger partial charge in [0.05, 0.1) is 17.3 Å². The fraction of sp³-hybridized carbons (Fsp3) is 0.474. The number of sulfonamides is 1. The van der Waals surface area contributed by atoms with Crippen LogP contribution in [0.2, 0.25) is 5.28 Å². The summed E-state index contributed by atoms with van der Waals surface area (Å²) in [7, 11) is -3.49. The van der Waals surface area contributed by atoms with Crippen LogP contribution >= 0.6 is 11.6 Å². The average Bonchev–Trinajstić information content (AvgIpc) is 2.64. The maximum Gasteiger partial charge on any atom is 0.416 e. The van der Waals surface area contributed by atoms with Gasteiger partial charge >= 0.3 is 6.18 Å². The normalized spacial score (nSPS) is 18.7. The molecule has 3 heterocycles. The molecule has 0 bridgehead atoms. The molecule has 0 radical (unpaired) electrons. The van der Waals surface area contributed by atoms with Crippen molar-refractivity contribution in [2.45, 2.75) is 37.4 Å². The zero-order valence-corrected chi connectivity index (χ0v) is 18.7. The van der Waals surface area contributed by atoms with Crippen LogP contribution in [-0.2, 0) is 29.2 Å². The van der Waals surface area contributed by atoms with E-state index in [4.69, 9.17) is 17.3 Å². The second kappa shape index (κ2) is 8.32. The summed E-state index contributed by atoms with van der Waals surface area (Å²) in [5.41, 5.74) is 6.29. The first-order valence-electron chi connectivity index (χ1n) is 9.94. The van der Waals surface area contributed by atoms with Crippen molar-refractivity contribution in [1.82, 2.24) is 19.6 Å². The van der Waals surface area contributed by atoms with Crippen LogP contribution in [0, 0.1) is 0 Å². The topological polar surface area (TPSA) is 113 Å². The van der Waals surface area contributed by atoms with E-state index in [1.54, 1.807) is 6.92 Å². The van der Waals surface area contributed by atoms with Gasteiger partial charge in [0.1, 0.15) is 11.1 Å². The van der Waals surface area contributed by atoms with Gasteiger partial charge in [0.15, 0.2) is 0 Å². The first-order valence-corrected chi connectivity index (χ1v) is 11.8. The van der Waals surface area contributed by atoms with E-state index in [9.17, 15) is 21.6 Å². The summed E-state index contributed by atoms with van der Waals surface area (Å²) in [6.45, 7) is 2.81. The van der Waals surface area contributed by atoms with E-state index >= 15 is 0 Å². The molecule has 2 aliphatic heterocycles. The third-order valence-corrected chi connectivity index (χ3v) is 8.06. The number of nitrogen functional groups attached to an aromatic ring is 1. The molecule has 1 aromatic heterocycles. The van der Waals surface area contributed by atoms with Gasteiger partial charge in [-0.25, -0.2) is 18.4 Å². The summed E-state index contributed by atoms with van der Waals surface area (Å²) >= 11 is 6.06. The Bertz CT molecular complexity index is 1140. The van der Waals surface area contributed by atoms with Crippen LogP contribution < -0.4 is 16.4 Å². The molecule has 0 aliphatic carbocycles. The number of fused-ring (bicyclic) bond motifs is 1. The SMILES string of the molecule is C[C@@H](Nc1nc(Cl)nc2c1CN(S(=O)(=O)C1CNC1)CC2)c1cc(N)cc(C(F)(F)F)c1. The Balaban J connectivity index is 1.63. The minimum atomic E-state index is -4.54. The Labute approximate surface area is 188 Å². The Kier molecular flexibility index (Phi) is 5.99. The van der Waals surface area contributed by atoms with Crippen LogP contribution in [0.25, 0.3) is 0 Å². The molecule has 2 aromatic rings. The predicted molar refractivity (Wildman–Crippen MR) is 115 cm³/mol. The number of aromatic nitrogens is 2. The predicted octanol–water partition coefficient (Wildman–Crippen LogP) is 2.56. The third kappa shape index (κ3) is 4.49. The van der Waals surface area contributed by atoms with E-state index in [-0.39, 0.29) is 29.9 Å². The summed E-state index contributed by atoms with van der Waals surface area (Å²) in [6.07, 6.45) is -4.18. The molecule has 1 fully saturated rings. The lowest BCUT2D eigenvalue weighted by Crippen LogP contribution is -2.56. The molecule has 0 saturated carbocycles. The fourth-order valence-corrected chi connectivity index (χ4v) is 5.68. The number of hydrogen-bond acceptors (Lipinski definition) is 7. The second-order valence-corrected chi connectivity index (χ2v) is 10.5. The van der Waals surface area contributed by atoms with E-state index in [1.807, 2.05) is 0 Å². The summed E-state index contributed by atoms with van der Waals surface area (Å²) < 4.78 is 66.7. The van der Waals surface area contributed by atoms with Crippen molar-refractivity contribution in [2.24, 2.45) is 0 Å². The lowest BCUT2D eigenvalue weighted by atomic mass is 10.0. The monoisotopic (exact) mass is 490 g/mol. The van der Waals surface area contributed by atoms with Gasteiger partial charge in [0.25, 0.3) is 0 Å². The number of hydrogen-bond donors (Lipinski definition) is 3. The molecular weight excluding hydrogens is 469 g/mol. The van der Waals surface area contributed by atoms with Gasteiger partial charge in [-0.2, -0.15) is 17.5 Å². The van der Waals surface area contributed by atoms with Gasteiger partial charge in [0, 0.05) is 43.9 Å². The Morgan fingerprint density at radius 1 is 1.28 bits per heavy atom. The molecule has 13 heteroatoms. The third-order valence-electron chi connectivity index (χ3n) is 5.68. The maximum atomic E-state index is 13.2. The average molecular weight is 491 g/mol. The highest BCUT2D eigenvalue weighted by Gasteiger charge is 2.38. The molecule has 32 heavy (non-hydrogen) atoms. The number of nitrogens with one attached hydrogen (secondary N) is 2. The van der Waals surface area contributed by atoms with Crippen LogP contribution in [0.3, 0.4) is 0 Å². The highest BCUT2D eigenvalue weighted by atomic mass is 35.5. The first-order chi connectivity index (χ1) is 14.9. The Hall–Kier alpha value is -2.15. The van der Waals surface area contributed by atoms with Crippen LogP contribution in [0.15, 0.2) is 18.2 Å². The van der Waals surface area contributed by atoms with Crippen molar-refractivity contribution in [3.63, 3.8) is 0 Å². The quantitative estimate of drug-likeness (QED) is 0.436. The second-order valence-electron chi connectivity index (χ2n) is 7.93. The van der Waals surface area contributed by atoms with Crippen LogP contribution in [-0.4, -0.2) is 47.6 Å². The molecular formula is C19H22ClF3N6O2S. The van der Waals surface area contributed by atoms with Crippen LogP contribution in [0.5, 0.6) is 0 Å². The van der Waals surface area contributed by atoms with Crippen molar-refractivity contribution >= 4 is 33.1 Å². The highest BCUT2D eigenvalue weighted by molar-refractivity contribution is 7.89. The smallest absolute Gasteiger partial charge is 0.399 e. The number of nitrogens with zero attached hydrogens (tertiary/aromatic N) is 3. The van der Waals surface area contributed by atoms with Gasteiger partial charge in [-0.15, -0.1) is 0 Å². The maximum absolute atomic E-state index is 13.2. The molecule has 2 aliphatic rings. The van der Waals surface area contributed by atoms with Crippen molar-refractivity contribution in [2.75, 3.05) is 30.7 Å². The number of anilines is 2. The lowest BCUT2D eigenvalue weighted by Gasteiger charge is -2.35. The molecule has 0 amide bonds. The molecule has 1 saturated heterocycles. The molecule has 174 valence electrons. The van der Waals surface area contributed by atoms with E-state index in [0.717, 1.165) is 12.1 Å². The molecule has 8 nitrogen and oxygen atoms in total. The minimum absolute atomic E-state index is 0.0161. The molecule has 0 spiro atoms. The van der Waals surface area contributed by atoms with Crippen LogP contribution in [0.4, 0.5) is 24.7 Å². The molecule has 1 aromatic carbocycles.